The Morgan fingerprint density at radius 2 is 2.12 bits per heavy atom. The summed E-state index contributed by atoms with van der Waals surface area (Å²) in [4.78, 5) is 4.14. The molecule has 2 rings (SSSR count). The number of aromatic nitrogens is 1. The molecule has 1 aromatic heterocycles. The van der Waals surface area contributed by atoms with Crippen LogP contribution in [0.5, 0.6) is 5.75 Å². The van der Waals surface area contributed by atoms with Crippen LogP contribution in [-0.4, -0.2) is 10.1 Å². The van der Waals surface area contributed by atoms with Gasteiger partial charge in [-0.15, -0.1) is 11.3 Å². The minimum Gasteiger partial charge on any atom is -0.487 e. The fraction of sp³-hybridized carbons (Fsp3) is 0.308. The molecular formula is C13H15NO2S. The van der Waals surface area contributed by atoms with E-state index in [0.29, 0.717) is 6.61 Å². The van der Waals surface area contributed by atoms with Gasteiger partial charge in [0.25, 0.3) is 0 Å². The first-order valence-electron chi connectivity index (χ1n) is 5.57. The van der Waals surface area contributed by atoms with Crippen molar-refractivity contribution in [3.05, 3.63) is 46.4 Å². The summed E-state index contributed by atoms with van der Waals surface area (Å²) in [5, 5.41) is 11.6. The number of aliphatic hydroxyl groups excluding tert-OH is 1. The monoisotopic (exact) mass is 249 g/mol. The molecule has 3 nitrogen and oxygen atoms in total. The highest BCUT2D eigenvalue weighted by atomic mass is 32.1. The standard InChI is InChI=1S/C13H15NO2S/c1-2-13(15)10-3-5-12(6-4-10)16-7-11-8-17-9-14-11/h3-6,8-9,13,15H,2,7H2,1H3. The molecule has 1 N–H and O–H groups in total. The van der Waals surface area contributed by atoms with Crippen molar-refractivity contribution in [3.8, 4) is 5.75 Å². The Balaban J connectivity index is 1.94. The van der Waals surface area contributed by atoms with Gasteiger partial charge in [0.15, 0.2) is 0 Å². The molecule has 0 amide bonds. The molecule has 0 aliphatic heterocycles. The second kappa shape index (κ2) is 5.80. The van der Waals surface area contributed by atoms with Crippen LogP contribution >= 0.6 is 11.3 Å². The fourth-order valence-electron chi connectivity index (χ4n) is 1.49. The van der Waals surface area contributed by atoms with E-state index >= 15 is 0 Å². The maximum Gasteiger partial charge on any atom is 0.131 e. The molecule has 0 bridgehead atoms. The van der Waals surface area contributed by atoms with Gasteiger partial charge in [-0.2, -0.15) is 0 Å². The number of ether oxygens (including phenoxy) is 1. The van der Waals surface area contributed by atoms with E-state index < -0.39 is 0 Å². The summed E-state index contributed by atoms with van der Waals surface area (Å²) in [6.07, 6.45) is 0.335. The highest BCUT2D eigenvalue weighted by Gasteiger charge is 2.04. The first-order valence-corrected chi connectivity index (χ1v) is 6.51. The number of nitrogens with zero attached hydrogens (tertiary/aromatic N) is 1. The minimum atomic E-state index is -0.386. The molecule has 0 radical (unpaired) electrons. The molecule has 1 heterocycles. The van der Waals surface area contributed by atoms with E-state index in [1.165, 1.54) is 0 Å². The van der Waals surface area contributed by atoms with Gasteiger partial charge in [-0.1, -0.05) is 19.1 Å². The van der Waals surface area contributed by atoms with E-state index in [1.54, 1.807) is 16.8 Å². The third-order valence-corrected chi connectivity index (χ3v) is 3.16. The molecule has 0 saturated carbocycles. The Morgan fingerprint density at radius 3 is 2.71 bits per heavy atom. The molecular weight excluding hydrogens is 234 g/mol. The number of thiazole rings is 1. The first-order chi connectivity index (χ1) is 8.29. The molecule has 17 heavy (non-hydrogen) atoms. The maximum atomic E-state index is 9.65. The van der Waals surface area contributed by atoms with Crippen molar-refractivity contribution in [2.45, 2.75) is 26.1 Å². The summed E-state index contributed by atoms with van der Waals surface area (Å²) in [7, 11) is 0. The van der Waals surface area contributed by atoms with Crippen molar-refractivity contribution < 1.29 is 9.84 Å². The van der Waals surface area contributed by atoms with Crippen LogP contribution in [0.3, 0.4) is 0 Å². The van der Waals surface area contributed by atoms with E-state index in [2.05, 4.69) is 4.98 Å². The van der Waals surface area contributed by atoms with Crippen LogP contribution in [-0.2, 0) is 6.61 Å². The maximum absolute atomic E-state index is 9.65. The van der Waals surface area contributed by atoms with Crippen molar-refractivity contribution in [1.82, 2.24) is 4.98 Å². The van der Waals surface area contributed by atoms with E-state index in [1.807, 2.05) is 36.6 Å². The lowest BCUT2D eigenvalue weighted by molar-refractivity contribution is 0.173. The molecule has 0 aliphatic carbocycles. The van der Waals surface area contributed by atoms with Crippen LogP contribution in [0.25, 0.3) is 0 Å². The molecule has 0 saturated heterocycles. The molecule has 1 aromatic carbocycles. The normalized spacial score (nSPS) is 12.4. The van der Waals surface area contributed by atoms with Crippen molar-refractivity contribution in [2.75, 3.05) is 0 Å². The van der Waals surface area contributed by atoms with Gasteiger partial charge < -0.3 is 9.84 Å². The Kier molecular flexibility index (Phi) is 4.12. The predicted octanol–water partition coefficient (Wildman–Crippen LogP) is 3.17. The van der Waals surface area contributed by atoms with Crippen LogP contribution in [0.15, 0.2) is 35.2 Å². The van der Waals surface area contributed by atoms with Gasteiger partial charge in [0.05, 0.1) is 17.3 Å². The highest BCUT2D eigenvalue weighted by Crippen LogP contribution is 2.20. The average molecular weight is 249 g/mol. The molecule has 2 aromatic rings. The van der Waals surface area contributed by atoms with Gasteiger partial charge in [0.2, 0.25) is 0 Å². The molecule has 4 heteroatoms. The average Bonchev–Trinajstić information content (AvgIpc) is 2.89. The Hall–Kier alpha value is -1.39. The summed E-state index contributed by atoms with van der Waals surface area (Å²) < 4.78 is 5.58. The number of rotatable bonds is 5. The number of aliphatic hydroxyl groups is 1. The van der Waals surface area contributed by atoms with Crippen LogP contribution in [0, 0.1) is 0 Å². The van der Waals surface area contributed by atoms with E-state index in [9.17, 15) is 5.11 Å². The molecule has 90 valence electrons. The largest absolute Gasteiger partial charge is 0.487 e. The molecule has 0 spiro atoms. The Bertz CT molecular complexity index is 439. The van der Waals surface area contributed by atoms with E-state index in [-0.39, 0.29) is 6.10 Å². The summed E-state index contributed by atoms with van der Waals surface area (Å²) in [6, 6.07) is 7.54. The lowest BCUT2D eigenvalue weighted by atomic mass is 10.1. The smallest absolute Gasteiger partial charge is 0.131 e. The van der Waals surface area contributed by atoms with Crippen LogP contribution in [0.2, 0.25) is 0 Å². The quantitative estimate of drug-likeness (QED) is 0.885. The Labute approximate surface area is 105 Å². The SMILES string of the molecule is CCC(O)c1ccc(OCc2cscn2)cc1. The van der Waals surface area contributed by atoms with Gasteiger partial charge in [-0.3, -0.25) is 0 Å². The number of hydrogen-bond acceptors (Lipinski definition) is 4. The molecule has 1 unspecified atom stereocenters. The zero-order chi connectivity index (χ0) is 12.1. The fourth-order valence-corrected chi connectivity index (χ4v) is 2.03. The van der Waals surface area contributed by atoms with E-state index in [0.717, 1.165) is 23.4 Å². The van der Waals surface area contributed by atoms with Crippen LogP contribution in [0.4, 0.5) is 0 Å². The van der Waals surface area contributed by atoms with Crippen molar-refractivity contribution in [3.63, 3.8) is 0 Å². The summed E-state index contributed by atoms with van der Waals surface area (Å²) in [5.74, 6) is 0.796. The van der Waals surface area contributed by atoms with Gasteiger partial charge in [0.1, 0.15) is 12.4 Å². The van der Waals surface area contributed by atoms with Gasteiger partial charge in [0, 0.05) is 5.38 Å². The predicted molar refractivity (Wildman–Crippen MR) is 68.1 cm³/mol. The van der Waals surface area contributed by atoms with Crippen molar-refractivity contribution in [1.29, 1.82) is 0 Å². The summed E-state index contributed by atoms with van der Waals surface area (Å²) in [6.45, 7) is 2.44. The highest BCUT2D eigenvalue weighted by molar-refractivity contribution is 7.07. The van der Waals surface area contributed by atoms with Crippen molar-refractivity contribution >= 4 is 11.3 Å². The number of hydrogen-bond donors (Lipinski definition) is 1. The second-order valence-electron chi connectivity index (χ2n) is 3.76. The van der Waals surface area contributed by atoms with Crippen LogP contribution in [0.1, 0.15) is 30.7 Å². The topological polar surface area (TPSA) is 42.4 Å². The third-order valence-electron chi connectivity index (χ3n) is 2.52. The summed E-state index contributed by atoms with van der Waals surface area (Å²) >= 11 is 1.56. The van der Waals surface area contributed by atoms with Gasteiger partial charge >= 0.3 is 0 Å². The lowest BCUT2D eigenvalue weighted by Gasteiger charge is -2.09. The zero-order valence-corrected chi connectivity index (χ0v) is 10.5. The third kappa shape index (κ3) is 3.28. The number of benzene rings is 1. The minimum absolute atomic E-state index is 0.386. The first kappa shape index (κ1) is 12.1. The Morgan fingerprint density at radius 1 is 1.35 bits per heavy atom. The molecule has 0 fully saturated rings. The van der Waals surface area contributed by atoms with Gasteiger partial charge in [-0.25, -0.2) is 4.98 Å². The summed E-state index contributed by atoms with van der Waals surface area (Å²) in [5.41, 5.74) is 3.65. The van der Waals surface area contributed by atoms with E-state index in [4.69, 9.17) is 4.74 Å². The van der Waals surface area contributed by atoms with Crippen molar-refractivity contribution in [2.24, 2.45) is 0 Å². The molecule has 0 aliphatic rings. The van der Waals surface area contributed by atoms with Gasteiger partial charge in [-0.05, 0) is 24.1 Å². The lowest BCUT2D eigenvalue weighted by Crippen LogP contribution is -1.97. The van der Waals surface area contributed by atoms with Crippen LogP contribution < -0.4 is 4.74 Å². The zero-order valence-electron chi connectivity index (χ0n) is 9.67. The molecule has 1 atom stereocenters. The second-order valence-corrected chi connectivity index (χ2v) is 4.48.